The number of nitrogens with zero attached hydrogens (tertiary/aromatic N) is 1. The summed E-state index contributed by atoms with van der Waals surface area (Å²) < 4.78 is 13.2. The van der Waals surface area contributed by atoms with Gasteiger partial charge in [-0.05, 0) is 31.0 Å². The van der Waals surface area contributed by atoms with Crippen molar-refractivity contribution in [3.63, 3.8) is 0 Å². The third-order valence-electron chi connectivity index (χ3n) is 3.17. The van der Waals surface area contributed by atoms with Crippen molar-refractivity contribution >= 4 is 5.91 Å². The second-order valence-electron chi connectivity index (χ2n) is 4.86. The van der Waals surface area contributed by atoms with E-state index in [9.17, 15) is 9.18 Å². The quantitative estimate of drug-likeness (QED) is 0.643. The van der Waals surface area contributed by atoms with E-state index in [4.69, 9.17) is 0 Å². The summed E-state index contributed by atoms with van der Waals surface area (Å²) in [4.78, 5) is 14.2. The molecule has 0 N–H and O–H groups in total. The van der Waals surface area contributed by atoms with E-state index in [1.54, 1.807) is 12.1 Å². The first-order valence-corrected chi connectivity index (χ1v) is 7.23. The molecule has 0 aliphatic heterocycles. The molecule has 0 aromatic heterocycles. The van der Waals surface area contributed by atoms with E-state index in [0.29, 0.717) is 5.56 Å². The minimum absolute atomic E-state index is 0.0518. The predicted octanol–water partition coefficient (Wildman–Crippen LogP) is 4.26. The summed E-state index contributed by atoms with van der Waals surface area (Å²) in [6, 6.07) is 5.96. The zero-order chi connectivity index (χ0) is 14.1. The fraction of sp³-hybridized carbons (Fsp3) is 0.562. The molecule has 0 saturated carbocycles. The number of unbranched alkanes of at least 4 members (excludes halogenated alkanes) is 3. The fourth-order valence-corrected chi connectivity index (χ4v) is 2.02. The molecule has 3 heteroatoms. The van der Waals surface area contributed by atoms with Gasteiger partial charge >= 0.3 is 0 Å². The van der Waals surface area contributed by atoms with Crippen molar-refractivity contribution in [2.24, 2.45) is 0 Å². The molecule has 0 bridgehead atoms. The lowest BCUT2D eigenvalue weighted by Gasteiger charge is -2.22. The number of amides is 1. The average Bonchev–Trinajstić information content (AvgIpc) is 2.42. The van der Waals surface area contributed by atoms with Crippen molar-refractivity contribution in [2.45, 2.75) is 46.0 Å². The van der Waals surface area contributed by atoms with Gasteiger partial charge in [0.1, 0.15) is 5.82 Å². The van der Waals surface area contributed by atoms with Crippen molar-refractivity contribution in [1.82, 2.24) is 4.90 Å². The summed E-state index contributed by atoms with van der Waals surface area (Å²) in [6.07, 6.45) is 5.32. The Hall–Kier alpha value is -1.38. The maximum Gasteiger partial charge on any atom is 0.253 e. The van der Waals surface area contributed by atoms with Gasteiger partial charge in [0.15, 0.2) is 0 Å². The van der Waals surface area contributed by atoms with E-state index in [1.807, 2.05) is 4.90 Å². The molecular formula is C16H24FNO. The standard InChI is InChI=1S/C16H24FNO/c1-3-5-7-12-18(11-6-4-2)16(19)14-9-8-10-15(17)13-14/h8-10,13H,3-7,11-12H2,1-2H3. The molecular weight excluding hydrogens is 241 g/mol. The summed E-state index contributed by atoms with van der Waals surface area (Å²) in [7, 11) is 0. The van der Waals surface area contributed by atoms with Crippen molar-refractivity contribution < 1.29 is 9.18 Å². The lowest BCUT2D eigenvalue weighted by atomic mass is 10.1. The highest BCUT2D eigenvalue weighted by Gasteiger charge is 2.15. The Morgan fingerprint density at radius 3 is 2.42 bits per heavy atom. The molecule has 0 radical (unpaired) electrons. The van der Waals surface area contributed by atoms with Gasteiger partial charge in [0.25, 0.3) is 5.91 Å². The summed E-state index contributed by atoms with van der Waals surface area (Å²) in [5, 5.41) is 0. The Bertz CT molecular complexity index is 392. The van der Waals surface area contributed by atoms with Crippen LogP contribution in [0.3, 0.4) is 0 Å². The Kier molecular flexibility index (Phi) is 7.16. The van der Waals surface area contributed by atoms with E-state index >= 15 is 0 Å². The molecule has 19 heavy (non-hydrogen) atoms. The van der Waals surface area contributed by atoms with Crippen molar-refractivity contribution in [2.75, 3.05) is 13.1 Å². The van der Waals surface area contributed by atoms with Gasteiger partial charge in [0, 0.05) is 18.7 Å². The number of carbonyl (C=O) groups is 1. The predicted molar refractivity (Wildman–Crippen MR) is 76.7 cm³/mol. The number of halogens is 1. The van der Waals surface area contributed by atoms with Gasteiger partial charge in [-0.15, -0.1) is 0 Å². The molecule has 2 nitrogen and oxygen atoms in total. The molecule has 1 aromatic carbocycles. The maximum atomic E-state index is 13.2. The van der Waals surface area contributed by atoms with Gasteiger partial charge in [0.2, 0.25) is 0 Å². The van der Waals surface area contributed by atoms with Crippen LogP contribution in [0.1, 0.15) is 56.3 Å². The van der Waals surface area contributed by atoms with Crippen LogP contribution in [0.25, 0.3) is 0 Å². The second-order valence-corrected chi connectivity index (χ2v) is 4.86. The minimum Gasteiger partial charge on any atom is -0.339 e. The third-order valence-corrected chi connectivity index (χ3v) is 3.17. The highest BCUT2D eigenvalue weighted by molar-refractivity contribution is 5.94. The summed E-state index contributed by atoms with van der Waals surface area (Å²) in [5.41, 5.74) is 0.451. The third kappa shape index (κ3) is 5.41. The molecule has 0 atom stereocenters. The number of hydrogen-bond donors (Lipinski definition) is 0. The van der Waals surface area contributed by atoms with Crippen LogP contribution in [0.2, 0.25) is 0 Å². The normalized spacial score (nSPS) is 10.5. The first-order valence-electron chi connectivity index (χ1n) is 7.23. The van der Waals surface area contributed by atoms with Crippen LogP contribution in [0.5, 0.6) is 0 Å². The Labute approximate surface area is 115 Å². The van der Waals surface area contributed by atoms with Gasteiger partial charge < -0.3 is 4.90 Å². The van der Waals surface area contributed by atoms with Crippen LogP contribution in [0.15, 0.2) is 24.3 Å². The zero-order valence-electron chi connectivity index (χ0n) is 12.0. The zero-order valence-corrected chi connectivity index (χ0v) is 12.0. The van der Waals surface area contributed by atoms with E-state index in [-0.39, 0.29) is 11.7 Å². The van der Waals surface area contributed by atoms with Crippen LogP contribution in [0, 0.1) is 5.82 Å². The molecule has 0 aliphatic rings. The fourth-order valence-electron chi connectivity index (χ4n) is 2.02. The lowest BCUT2D eigenvalue weighted by molar-refractivity contribution is 0.0750. The Morgan fingerprint density at radius 1 is 1.11 bits per heavy atom. The smallest absolute Gasteiger partial charge is 0.253 e. The minimum atomic E-state index is -0.352. The molecule has 0 fully saturated rings. The lowest BCUT2D eigenvalue weighted by Crippen LogP contribution is -2.33. The van der Waals surface area contributed by atoms with E-state index in [1.165, 1.54) is 12.1 Å². The number of benzene rings is 1. The van der Waals surface area contributed by atoms with E-state index < -0.39 is 0 Å². The molecule has 0 heterocycles. The van der Waals surface area contributed by atoms with Gasteiger partial charge in [-0.3, -0.25) is 4.79 Å². The van der Waals surface area contributed by atoms with Gasteiger partial charge in [-0.2, -0.15) is 0 Å². The molecule has 0 saturated heterocycles. The van der Waals surface area contributed by atoms with Crippen LogP contribution in [0.4, 0.5) is 4.39 Å². The summed E-state index contributed by atoms with van der Waals surface area (Å²) in [6.45, 7) is 5.78. The van der Waals surface area contributed by atoms with Crippen LogP contribution in [-0.2, 0) is 0 Å². The molecule has 1 rings (SSSR count). The molecule has 1 aromatic rings. The van der Waals surface area contributed by atoms with Crippen LogP contribution in [-0.4, -0.2) is 23.9 Å². The first kappa shape index (κ1) is 15.7. The van der Waals surface area contributed by atoms with Gasteiger partial charge in [-0.1, -0.05) is 39.2 Å². The van der Waals surface area contributed by atoms with Crippen LogP contribution < -0.4 is 0 Å². The largest absolute Gasteiger partial charge is 0.339 e. The first-order chi connectivity index (χ1) is 9.19. The van der Waals surface area contributed by atoms with Crippen molar-refractivity contribution in [3.05, 3.63) is 35.6 Å². The number of hydrogen-bond acceptors (Lipinski definition) is 1. The number of carbonyl (C=O) groups excluding carboxylic acids is 1. The van der Waals surface area contributed by atoms with Gasteiger partial charge in [0.05, 0.1) is 0 Å². The second kappa shape index (κ2) is 8.68. The molecule has 1 amide bonds. The maximum absolute atomic E-state index is 13.2. The highest BCUT2D eigenvalue weighted by Crippen LogP contribution is 2.10. The van der Waals surface area contributed by atoms with E-state index in [0.717, 1.165) is 45.2 Å². The van der Waals surface area contributed by atoms with Crippen molar-refractivity contribution in [3.8, 4) is 0 Å². The average molecular weight is 265 g/mol. The summed E-state index contributed by atoms with van der Waals surface area (Å²) >= 11 is 0. The monoisotopic (exact) mass is 265 g/mol. The summed E-state index contributed by atoms with van der Waals surface area (Å²) in [5.74, 6) is -0.404. The SMILES string of the molecule is CCCCCN(CCCC)C(=O)c1cccc(F)c1. The number of rotatable bonds is 8. The molecule has 0 aliphatic carbocycles. The molecule has 0 unspecified atom stereocenters. The van der Waals surface area contributed by atoms with Crippen molar-refractivity contribution in [1.29, 1.82) is 0 Å². The topological polar surface area (TPSA) is 20.3 Å². The Balaban J connectivity index is 2.69. The van der Waals surface area contributed by atoms with E-state index in [2.05, 4.69) is 13.8 Å². The molecule has 0 spiro atoms. The highest BCUT2D eigenvalue weighted by atomic mass is 19.1. The van der Waals surface area contributed by atoms with Gasteiger partial charge in [-0.25, -0.2) is 4.39 Å². The Morgan fingerprint density at radius 2 is 1.79 bits per heavy atom. The van der Waals surface area contributed by atoms with Crippen LogP contribution >= 0.6 is 0 Å². The molecule has 106 valence electrons.